The van der Waals surface area contributed by atoms with E-state index in [2.05, 4.69) is 65.6 Å². The number of hydrogen-bond donors (Lipinski definition) is 1. The topological polar surface area (TPSA) is 60.9 Å². The fourth-order valence-corrected chi connectivity index (χ4v) is 3.22. The number of aryl methyl sites for hydroxylation is 4. The quantitative estimate of drug-likeness (QED) is 0.337. The molecule has 0 saturated heterocycles. The molecule has 4 nitrogen and oxygen atoms in total. The lowest BCUT2D eigenvalue weighted by atomic mass is 10.0. The summed E-state index contributed by atoms with van der Waals surface area (Å²) in [6.45, 7) is 8.26. The normalized spacial score (nSPS) is 10.7. The molecule has 0 bridgehead atoms. The number of rotatable bonds is 3. The monoisotopic (exact) mass is 394 g/mol. The van der Waals surface area contributed by atoms with Crippen LogP contribution in [0.4, 0.5) is 17.1 Å². The molecule has 4 heteroatoms. The molecule has 0 heterocycles. The summed E-state index contributed by atoms with van der Waals surface area (Å²) in [4.78, 5) is 0. The van der Waals surface area contributed by atoms with Gasteiger partial charge in [0.25, 0.3) is 0 Å². The van der Waals surface area contributed by atoms with Crippen LogP contribution in [-0.2, 0) is 0 Å². The molecule has 0 radical (unpaired) electrons. The van der Waals surface area contributed by atoms with Crippen LogP contribution in [0.5, 0.6) is 0 Å². The van der Waals surface area contributed by atoms with Gasteiger partial charge in [0.15, 0.2) is 0 Å². The summed E-state index contributed by atoms with van der Waals surface area (Å²) in [7, 11) is 0. The average Bonchev–Trinajstić information content (AvgIpc) is 2.76. The maximum Gasteiger partial charge on any atom is 0.0887 e. The molecule has 4 rings (SSSR count). The number of fused-ring (bicyclic) bond motifs is 1. The van der Waals surface area contributed by atoms with Crippen molar-refractivity contribution < 1.29 is 0 Å². The molecule has 0 aromatic heterocycles. The fraction of sp³-hybridized carbons (Fsp3) is 0.154. The second-order valence-electron chi connectivity index (χ2n) is 7.37. The first-order valence-electron chi connectivity index (χ1n) is 9.89. The summed E-state index contributed by atoms with van der Waals surface area (Å²) in [5, 5.41) is 14.5. The minimum Gasteiger partial charge on any atom is -0.204 e. The van der Waals surface area contributed by atoms with Crippen LogP contribution in [-0.4, -0.2) is 0 Å². The van der Waals surface area contributed by atoms with Crippen molar-refractivity contribution >= 4 is 27.8 Å². The molecule has 0 unspecified atom stereocenters. The number of nitrogens with zero attached hydrogens (tertiary/aromatic N) is 3. The fourth-order valence-electron chi connectivity index (χ4n) is 3.22. The lowest BCUT2D eigenvalue weighted by Gasteiger charge is -2.03. The molecule has 0 saturated carbocycles. The second kappa shape index (κ2) is 9.70. The van der Waals surface area contributed by atoms with Crippen LogP contribution >= 0.6 is 0 Å². The highest BCUT2D eigenvalue weighted by Crippen LogP contribution is 2.26. The molecule has 0 aliphatic rings. The largest absolute Gasteiger partial charge is 0.204 e. The van der Waals surface area contributed by atoms with E-state index in [-0.39, 0.29) is 0 Å². The van der Waals surface area contributed by atoms with Crippen LogP contribution in [0.15, 0.2) is 94.2 Å². The van der Waals surface area contributed by atoms with Gasteiger partial charge in [0.2, 0.25) is 0 Å². The number of azo groups is 1. The standard InChI is InChI=1S/C14H14N4.C12H12/c1-10-4-3-5-13(8-10)17-18-14-7-6-12(16-15)9-11(14)2;1-9-7-8-10(2)12-6-4-3-5-11(9)12/h3-9,15H,1-2H3;3-8H,1-2H3. The van der Waals surface area contributed by atoms with E-state index in [4.69, 9.17) is 5.53 Å². The maximum absolute atomic E-state index is 6.94. The molecule has 1 N–H and O–H groups in total. The zero-order valence-corrected chi connectivity index (χ0v) is 17.8. The van der Waals surface area contributed by atoms with Crippen molar-refractivity contribution in [2.24, 2.45) is 15.3 Å². The first-order chi connectivity index (χ1) is 14.5. The van der Waals surface area contributed by atoms with Crippen molar-refractivity contribution in [2.45, 2.75) is 27.7 Å². The van der Waals surface area contributed by atoms with Gasteiger partial charge in [-0.2, -0.15) is 15.3 Å². The van der Waals surface area contributed by atoms with E-state index in [0.29, 0.717) is 5.69 Å². The Morgan fingerprint density at radius 1 is 0.567 bits per heavy atom. The number of hydrogen-bond acceptors (Lipinski definition) is 4. The Hall–Kier alpha value is -3.66. The number of benzene rings is 4. The minimum absolute atomic E-state index is 0.627. The van der Waals surface area contributed by atoms with Crippen molar-refractivity contribution in [3.8, 4) is 0 Å². The predicted molar refractivity (Wildman–Crippen MR) is 125 cm³/mol. The smallest absolute Gasteiger partial charge is 0.0887 e. The Morgan fingerprint density at radius 3 is 1.80 bits per heavy atom. The van der Waals surface area contributed by atoms with Crippen LogP contribution in [0.2, 0.25) is 0 Å². The first-order valence-corrected chi connectivity index (χ1v) is 9.89. The summed E-state index contributed by atoms with van der Waals surface area (Å²) >= 11 is 0. The van der Waals surface area contributed by atoms with Crippen molar-refractivity contribution in [1.82, 2.24) is 0 Å². The molecular weight excluding hydrogens is 368 g/mol. The van der Waals surface area contributed by atoms with E-state index in [1.807, 2.05) is 50.2 Å². The van der Waals surface area contributed by atoms with Gasteiger partial charge in [-0.3, -0.25) is 0 Å². The molecule has 0 aliphatic heterocycles. The SMILES string of the molecule is Cc1ccc(C)c2ccccc12.Cc1cccc(N=Nc2ccc(N=N)cc2C)c1. The average molecular weight is 395 g/mol. The second-order valence-corrected chi connectivity index (χ2v) is 7.37. The Kier molecular flexibility index (Phi) is 6.81. The van der Waals surface area contributed by atoms with Gasteiger partial charge in [-0.05, 0) is 91.1 Å². The third-order valence-corrected chi connectivity index (χ3v) is 4.94. The Balaban J connectivity index is 0.000000184. The highest BCUT2D eigenvalue weighted by atomic mass is 15.1. The molecule has 4 aromatic rings. The highest BCUT2D eigenvalue weighted by Gasteiger charge is 1.99. The van der Waals surface area contributed by atoms with Crippen LogP contribution in [0, 0.1) is 33.2 Å². The molecule has 0 amide bonds. The van der Waals surface area contributed by atoms with Gasteiger partial charge >= 0.3 is 0 Å². The van der Waals surface area contributed by atoms with Crippen molar-refractivity contribution in [2.75, 3.05) is 0 Å². The van der Waals surface area contributed by atoms with Gasteiger partial charge in [0, 0.05) is 0 Å². The molecular formula is C26H26N4. The molecule has 4 aromatic carbocycles. The Bertz CT molecular complexity index is 1170. The van der Waals surface area contributed by atoms with E-state index in [1.165, 1.54) is 21.9 Å². The molecule has 30 heavy (non-hydrogen) atoms. The van der Waals surface area contributed by atoms with Gasteiger partial charge in [-0.15, -0.1) is 0 Å². The van der Waals surface area contributed by atoms with Gasteiger partial charge in [-0.25, -0.2) is 5.53 Å². The highest BCUT2D eigenvalue weighted by molar-refractivity contribution is 5.88. The summed E-state index contributed by atoms with van der Waals surface area (Å²) in [5.41, 5.74) is 14.0. The van der Waals surface area contributed by atoms with E-state index >= 15 is 0 Å². The van der Waals surface area contributed by atoms with Gasteiger partial charge in [0.1, 0.15) is 0 Å². The minimum atomic E-state index is 0.627. The zero-order chi connectivity index (χ0) is 21.5. The predicted octanol–water partition coefficient (Wildman–Crippen LogP) is 8.84. The summed E-state index contributed by atoms with van der Waals surface area (Å²) in [5.74, 6) is 0. The third-order valence-electron chi connectivity index (χ3n) is 4.94. The van der Waals surface area contributed by atoms with E-state index in [9.17, 15) is 0 Å². The summed E-state index contributed by atoms with van der Waals surface area (Å²) < 4.78 is 0. The van der Waals surface area contributed by atoms with E-state index in [1.54, 1.807) is 6.07 Å². The van der Waals surface area contributed by atoms with Gasteiger partial charge < -0.3 is 0 Å². The van der Waals surface area contributed by atoms with Crippen molar-refractivity contribution in [3.63, 3.8) is 0 Å². The third kappa shape index (κ3) is 5.23. The summed E-state index contributed by atoms with van der Waals surface area (Å²) in [6.07, 6.45) is 0. The van der Waals surface area contributed by atoms with Crippen LogP contribution < -0.4 is 0 Å². The lowest BCUT2D eigenvalue weighted by Crippen LogP contribution is -1.80. The Labute approximate surface area is 177 Å². The van der Waals surface area contributed by atoms with Crippen molar-refractivity contribution in [1.29, 1.82) is 5.53 Å². The van der Waals surface area contributed by atoms with Gasteiger partial charge in [0.05, 0.1) is 17.1 Å². The molecule has 150 valence electrons. The molecule has 0 spiro atoms. The zero-order valence-electron chi connectivity index (χ0n) is 17.8. The summed E-state index contributed by atoms with van der Waals surface area (Å²) in [6, 6.07) is 26.2. The molecule has 0 aliphatic carbocycles. The van der Waals surface area contributed by atoms with E-state index < -0.39 is 0 Å². The number of nitrogens with one attached hydrogen (secondary N) is 1. The first kappa shape index (κ1) is 21.1. The van der Waals surface area contributed by atoms with Gasteiger partial charge in [-0.1, -0.05) is 48.5 Å². The van der Waals surface area contributed by atoms with Crippen LogP contribution in [0.3, 0.4) is 0 Å². The molecule has 0 fully saturated rings. The maximum atomic E-state index is 6.94. The Morgan fingerprint density at radius 2 is 1.23 bits per heavy atom. The molecule has 0 atom stereocenters. The van der Waals surface area contributed by atoms with Crippen LogP contribution in [0.25, 0.3) is 10.8 Å². The lowest BCUT2D eigenvalue weighted by molar-refractivity contribution is 1.14. The van der Waals surface area contributed by atoms with E-state index in [0.717, 1.165) is 22.5 Å². The van der Waals surface area contributed by atoms with Crippen molar-refractivity contribution in [3.05, 3.63) is 101 Å². The van der Waals surface area contributed by atoms with Crippen LogP contribution in [0.1, 0.15) is 22.3 Å².